The van der Waals surface area contributed by atoms with Gasteiger partial charge in [-0.05, 0) is 35.2 Å². The van der Waals surface area contributed by atoms with Crippen molar-refractivity contribution in [2.75, 3.05) is 0 Å². The Balaban J connectivity index is 2.47. The molecule has 0 aliphatic carbocycles. The molecule has 0 aliphatic heterocycles. The van der Waals surface area contributed by atoms with Crippen LogP contribution in [0.1, 0.15) is 12.5 Å². The van der Waals surface area contributed by atoms with Crippen molar-refractivity contribution < 1.29 is 8.42 Å². The summed E-state index contributed by atoms with van der Waals surface area (Å²) < 4.78 is 22.4. The Hall–Kier alpha value is -1.65. The van der Waals surface area contributed by atoms with E-state index in [9.17, 15) is 8.42 Å². The van der Waals surface area contributed by atoms with Crippen molar-refractivity contribution in [2.45, 2.75) is 18.2 Å². The van der Waals surface area contributed by atoms with Crippen molar-refractivity contribution in [1.82, 2.24) is 0 Å². The minimum absolute atomic E-state index is 0.139. The third-order valence-electron chi connectivity index (χ3n) is 2.89. The van der Waals surface area contributed by atoms with Crippen LogP contribution in [0, 0.1) is 0 Å². The largest absolute Gasteiger partial charge is 0.238 e. The second-order valence-corrected chi connectivity index (χ2v) is 5.64. The molecule has 4 heteroatoms. The number of benzene rings is 2. The number of rotatable bonds is 3. The molecular formula is C14H15NO2S. The highest BCUT2D eigenvalue weighted by Crippen LogP contribution is 2.25. The maximum Gasteiger partial charge on any atom is 0.238 e. The fourth-order valence-electron chi connectivity index (χ4n) is 1.93. The van der Waals surface area contributed by atoms with Crippen molar-refractivity contribution in [2.24, 2.45) is 5.14 Å². The lowest BCUT2D eigenvalue weighted by Crippen LogP contribution is -2.11. The molecule has 2 aromatic rings. The summed E-state index contributed by atoms with van der Waals surface area (Å²) in [6, 6.07) is 14.7. The van der Waals surface area contributed by atoms with Crippen molar-refractivity contribution in [3.8, 4) is 11.1 Å². The predicted octanol–water partition coefficient (Wildman–Crippen LogP) is 2.56. The van der Waals surface area contributed by atoms with Crippen LogP contribution < -0.4 is 5.14 Å². The molecule has 0 heterocycles. The van der Waals surface area contributed by atoms with E-state index in [1.807, 2.05) is 18.2 Å². The van der Waals surface area contributed by atoms with Gasteiger partial charge in [-0.15, -0.1) is 0 Å². The second-order valence-electron chi connectivity index (χ2n) is 4.08. The second kappa shape index (κ2) is 4.92. The third-order valence-corrected chi connectivity index (χ3v) is 3.82. The Bertz CT molecular complexity index is 646. The molecule has 2 aromatic carbocycles. The van der Waals surface area contributed by atoms with E-state index in [2.05, 4.69) is 13.0 Å². The Morgan fingerprint density at radius 2 is 1.61 bits per heavy atom. The van der Waals surface area contributed by atoms with Crippen LogP contribution >= 0.6 is 0 Å². The van der Waals surface area contributed by atoms with Crippen molar-refractivity contribution in [1.29, 1.82) is 0 Å². The van der Waals surface area contributed by atoms with Gasteiger partial charge in [-0.3, -0.25) is 0 Å². The van der Waals surface area contributed by atoms with Gasteiger partial charge in [0.1, 0.15) is 0 Å². The molecule has 2 rings (SSSR count). The lowest BCUT2D eigenvalue weighted by atomic mass is 9.98. The molecule has 94 valence electrons. The van der Waals surface area contributed by atoms with Gasteiger partial charge >= 0.3 is 0 Å². The number of aryl methyl sites for hydroxylation is 1. The first kappa shape index (κ1) is 12.8. The highest BCUT2D eigenvalue weighted by molar-refractivity contribution is 7.89. The van der Waals surface area contributed by atoms with Crippen LogP contribution in [0.15, 0.2) is 53.4 Å². The van der Waals surface area contributed by atoms with Gasteiger partial charge in [-0.2, -0.15) is 0 Å². The molecule has 0 unspecified atom stereocenters. The van der Waals surface area contributed by atoms with Crippen LogP contribution in [0.5, 0.6) is 0 Å². The number of hydrogen-bond acceptors (Lipinski definition) is 2. The molecule has 0 aliphatic rings. The number of nitrogens with two attached hydrogens (primary N) is 1. The van der Waals surface area contributed by atoms with E-state index >= 15 is 0 Å². The van der Waals surface area contributed by atoms with Gasteiger partial charge in [0.05, 0.1) is 4.90 Å². The molecule has 0 saturated heterocycles. The van der Waals surface area contributed by atoms with E-state index < -0.39 is 10.0 Å². The smallest absolute Gasteiger partial charge is 0.225 e. The van der Waals surface area contributed by atoms with Crippen molar-refractivity contribution >= 4 is 10.0 Å². The summed E-state index contributed by atoms with van der Waals surface area (Å²) in [5, 5.41) is 5.07. The molecule has 3 nitrogen and oxygen atoms in total. The maximum atomic E-state index is 11.2. The summed E-state index contributed by atoms with van der Waals surface area (Å²) in [5.41, 5.74) is 3.36. The van der Waals surface area contributed by atoms with Crippen LogP contribution in [0.2, 0.25) is 0 Å². The number of hydrogen-bond donors (Lipinski definition) is 1. The third kappa shape index (κ3) is 2.60. The highest BCUT2D eigenvalue weighted by atomic mass is 32.2. The topological polar surface area (TPSA) is 60.2 Å². The van der Waals surface area contributed by atoms with Gasteiger partial charge < -0.3 is 0 Å². The normalized spacial score (nSPS) is 11.4. The molecule has 2 N–H and O–H groups in total. The highest BCUT2D eigenvalue weighted by Gasteiger charge is 2.08. The average molecular weight is 261 g/mol. The quantitative estimate of drug-likeness (QED) is 0.923. The van der Waals surface area contributed by atoms with Crippen LogP contribution in [-0.2, 0) is 16.4 Å². The molecule has 0 spiro atoms. The van der Waals surface area contributed by atoms with Gasteiger partial charge in [-0.1, -0.05) is 43.3 Å². The van der Waals surface area contributed by atoms with E-state index in [-0.39, 0.29) is 4.90 Å². The zero-order chi connectivity index (χ0) is 13.2. The lowest BCUT2D eigenvalue weighted by Gasteiger charge is -2.08. The molecule has 0 aromatic heterocycles. The zero-order valence-electron chi connectivity index (χ0n) is 10.1. The first-order valence-electron chi connectivity index (χ1n) is 5.73. The summed E-state index contributed by atoms with van der Waals surface area (Å²) in [4.78, 5) is 0.139. The van der Waals surface area contributed by atoms with Gasteiger partial charge in [0.15, 0.2) is 0 Å². The summed E-state index contributed by atoms with van der Waals surface area (Å²) >= 11 is 0. The molecule has 0 bridgehead atoms. The van der Waals surface area contributed by atoms with Crippen LogP contribution in [0.25, 0.3) is 11.1 Å². The van der Waals surface area contributed by atoms with Gasteiger partial charge in [-0.25, -0.2) is 13.6 Å². The van der Waals surface area contributed by atoms with Crippen LogP contribution in [0.3, 0.4) is 0 Å². The SMILES string of the molecule is CCc1ccccc1-c1ccc(S(N)(=O)=O)cc1. The molecule has 0 fully saturated rings. The number of primary sulfonamides is 1. The molecule has 0 saturated carbocycles. The first-order valence-corrected chi connectivity index (χ1v) is 7.28. The summed E-state index contributed by atoms with van der Waals surface area (Å²) in [6.45, 7) is 2.09. The van der Waals surface area contributed by atoms with Crippen molar-refractivity contribution in [3.05, 3.63) is 54.1 Å². The van der Waals surface area contributed by atoms with E-state index in [0.717, 1.165) is 17.5 Å². The predicted molar refractivity (Wildman–Crippen MR) is 72.6 cm³/mol. The monoisotopic (exact) mass is 261 g/mol. The molecular weight excluding hydrogens is 246 g/mol. The lowest BCUT2D eigenvalue weighted by molar-refractivity contribution is 0.598. The molecule has 0 atom stereocenters. The zero-order valence-corrected chi connectivity index (χ0v) is 10.9. The van der Waals surface area contributed by atoms with Crippen LogP contribution in [0.4, 0.5) is 0 Å². The number of sulfonamides is 1. The Morgan fingerprint density at radius 1 is 1.00 bits per heavy atom. The van der Waals surface area contributed by atoms with E-state index in [4.69, 9.17) is 5.14 Å². The van der Waals surface area contributed by atoms with Gasteiger partial charge in [0.2, 0.25) is 10.0 Å². The van der Waals surface area contributed by atoms with Gasteiger partial charge in [0, 0.05) is 0 Å². The molecule has 0 radical (unpaired) electrons. The van der Waals surface area contributed by atoms with E-state index in [0.29, 0.717) is 0 Å². The van der Waals surface area contributed by atoms with Crippen molar-refractivity contribution in [3.63, 3.8) is 0 Å². The molecule has 0 amide bonds. The standard InChI is InChI=1S/C14H15NO2S/c1-2-11-5-3-4-6-14(11)12-7-9-13(10-8-12)18(15,16)17/h3-10H,2H2,1H3,(H2,15,16,17). The molecule has 18 heavy (non-hydrogen) atoms. The Kier molecular flexibility index (Phi) is 3.50. The summed E-state index contributed by atoms with van der Waals surface area (Å²) in [6.07, 6.45) is 0.938. The van der Waals surface area contributed by atoms with Crippen LogP contribution in [-0.4, -0.2) is 8.42 Å². The minimum Gasteiger partial charge on any atom is -0.225 e. The van der Waals surface area contributed by atoms with E-state index in [1.165, 1.54) is 17.7 Å². The minimum atomic E-state index is -3.62. The van der Waals surface area contributed by atoms with Gasteiger partial charge in [0.25, 0.3) is 0 Å². The Labute approximate surface area is 107 Å². The van der Waals surface area contributed by atoms with E-state index in [1.54, 1.807) is 12.1 Å². The fraction of sp³-hybridized carbons (Fsp3) is 0.143. The summed E-state index contributed by atoms with van der Waals surface area (Å²) in [7, 11) is -3.62. The fourth-order valence-corrected chi connectivity index (χ4v) is 2.45. The average Bonchev–Trinajstić information content (AvgIpc) is 2.38. The summed E-state index contributed by atoms with van der Waals surface area (Å²) in [5.74, 6) is 0. The Morgan fingerprint density at radius 3 is 2.17 bits per heavy atom. The maximum absolute atomic E-state index is 11.2. The first-order chi connectivity index (χ1) is 8.52.